The van der Waals surface area contributed by atoms with Crippen molar-refractivity contribution in [1.82, 2.24) is 14.8 Å². The largest absolute Gasteiger partial charge is 0.370 e. The Hall–Kier alpha value is -1.10. The molecule has 2 aliphatic heterocycles. The first-order valence-corrected chi connectivity index (χ1v) is 8.24. The number of ether oxygens (including phenoxy) is 1. The standard InChI is InChI=1S/C15H24N4O/c1-2-5-11(6-3-1)12-8-9-16-15-17-14(18-19(12)15)13-7-4-10-20-13/h11-13H,1-10H2,(H,16,17,18). The van der Waals surface area contributed by atoms with Crippen LogP contribution >= 0.6 is 0 Å². The van der Waals surface area contributed by atoms with Crippen LogP contribution in [0.2, 0.25) is 0 Å². The van der Waals surface area contributed by atoms with E-state index in [4.69, 9.17) is 14.8 Å². The van der Waals surface area contributed by atoms with E-state index in [9.17, 15) is 0 Å². The van der Waals surface area contributed by atoms with E-state index in [2.05, 4.69) is 10.00 Å². The van der Waals surface area contributed by atoms with Crippen molar-refractivity contribution in [2.45, 2.75) is 63.5 Å². The van der Waals surface area contributed by atoms with Crippen LogP contribution in [0.4, 0.5) is 5.95 Å². The molecule has 0 spiro atoms. The lowest BCUT2D eigenvalue weighted by Crippen LogP contribution is -2.30. The van der Waals surface area contributed by atoms with Gasteiger partial charge in [-0.25, -0.2) is 4.68 Å². The Morgan fingerprint density at radius 3 is 2.75 bits per heavy atom. The highest BCUT2D eigenvalue weighted by Crippen LogP contribution is 2.38. The molecule has 1 aliphatic carbocycles. The first kappa shape index (κ1) is 12.6. The van der Waals surface area contributed by atoms with Gasteiger partial charge in [-0.1, -0.05) is 19.3 Å². The van der Waals surface area contributed by atoms with Crippen LogP contribution in [0.15, 0.2) is 0 Å². The van der Waals surface area contributed by atoms with E-state index < -0.39 is 0 Å². The second-order valence-corrected chi connectivity index (χ2v) is 6.42. The summed E-state index contributed by atoms with van der Waals surface area (Å²) >= 11 is 0. The molecular weight excluding hydrogens is 252 g/mol. The fourth-order valence-corrected chi connectivity index (χ4v) is 4.02. The van der Waals surface area contributed by atoms with Crippen LogP contribution < -0.4 is 5.32 Å². The molecule has 2 fully saturated rings. The molecule has 1 saturated heterocycles. The molecule has 4 rings (SSSR count). The molecule has 1 saturated carbocycles. The van der Waals surface area contributed by atoms with Crippen molar-refractivity contribution in [2.75, 3.05) is 18.5 Å². The minimum absolute atomic E-state index is 0.127. The number of nitrogens with one attached hydrogen (secondary N) is 1. The molecule has 2 unspecified atom stereocenters. The van der Waals surface area contributed by atoms with Gasteiger partial charge in [0.1, 0.15) is 6.10 Å². The molecule has 1 aromatic heterocycles. The van der Waals surface area contributed by atoms with Crippen molar-refractivity contribution in [3.63, 3.8) is 0 Å². The fraction of sp³-hybridized carbons (Fsp3) is 0.867. The highest BCUT2D eigenvalue weighted by Gasteiger charge is 2.32. The minimum Gasteiger partial charge on any atom is -0.370 e. The zero-order chi connectivity index (χ0) is 13.4. The van der Waals surface area contributed by atoms with Crippen molar-refractivity contribution in [3.05, 3.63) is 5.82 Å². The van der Waals surface area contributed by atoms with E-state index in [0.717, 1.165) is 43.7 Å². The summed E-state index contributed by atoms with van der Waals surface area (Å²) < 4.78 is 7.91. The van der Waals surface area contributed by atoms with Crippen molar-refractivity contribution in [1.29, 1.82) is 0 Å². The molecule has 0 amide bonds. The number of nitrogens with zero attached hydrogens (tertiary/aromatic N) is 3. The maximum absolute atomic E-state index is 5.73. The van der Waals surface area contributed by atoms with Gasteiger partial charge >= 0.3 is 0 Å². The minimum atomic E-state index is 0.127. The SMILES string of the molecule is C1CCC(C2CCNc3nc(C4CCCO4)nn32)CC1. The number of hydrogen-bond donors (Lipinski definition) is 1. The van der Waals surface area contributed by atoms with Gasteiger partial charge in [0, 0.05) is 13.2 Å². The van der Waals surface area contributed by atoms with Gasteiger partial charge < -0.3 is 10.1 Å². The second-order valence-electron chi connectivity index (χ2n) is 6.42. The molecule has 20 heavy (non-hydrogen) atoms. The molecular formula is C15H24N4O. The lowest BCUT2D eigenvalue weighted by Gasteiger charge is -2.33. The molecule has 5 nitrogen and oxygen atoms in total. The summed E-state index contributed by atoms with van der Waals surface area (Å²) in [5.41, 5.74) is 0. The Balaban J connectivity index is 1.59. The van der Waals surface area contributed by atoms with Crippen molar-refractivity contribution >= 4 is 5.95 Å². The van der Waals surface area contributed by atoms with Gasteiger partial charge in [0.05, 0.1) is 6.04 Å². The maximum atomic E-state index is 5.73. The Labute approximate surface area is 120 Å². The molecule has 1 N–H and O–H groups in total. The van der Waals surface area contributed by atoms with Crippen LogP contribution in [0.5, 0.6) is 0 Å². The van der Waals surface area contributed by atoms with Crippen LogP contribution in [0.3, 0.4) is 0 Å². The average Bonchev–Trinajstić information content (AvgIpc) is 3.16. The molecule has 0 radical (unpaired) electrons. The third kappa shape index (κ3) is 2.22. The first-order chi connectivity index (χ1) is 9.92. The lowest BCUT2D eigenvalue weighted by molar-refractivity contribution is 0.104. The molecule has 0 bridgehead atoms. The molecule has 3 heterocycles. The summed E-state index contributed by atoms with van der Waals surface area (Å²) in [6.45, 7) is 1.89. The molecule has 0 aromatic carbocycles. The lowest BCUT2D eigenvalue weighted by atomic mass is 9.82. The Morgan fingerprint density at radius 2 is 1.95 bits per heavy atom. The van der Waals surface area contributed by atoms with Gasteiger partial charge in [0.25, 0.3) is 0 Å². The molecule has 3 aliphatic rings. The van der Waals surface area contributed by atoms with Crippen LogP contribution in [-0.2, 0) is 4.74 Å². The molecule has 5 heteroatoms. The normalized spacial score (nSPS) is 31.0. The number of aromatic nitrogens is 3. The van der Waals surface area contributed by atoms with Gasteiger partial charge in [-0.2, -0.15) is 10.1 Å². The van der Waals surface area contributed by atoms with Crippen LogP contribution in [-0.4, -0.2) is 27.9 Å². The Bertz CT molecular complexity index is 460. The first-order valence-electron chi connectivity index (χ1n) is 8.24. The van der Waals surface area contributed by atoms with Crippen molar-refractivity contribution < 1.29 is 4.74 Å². The topological polar surface area (TPSA) is 52.0 Å². The highest BCUT2D eigenvalue weighted by atomic mass is 16.5. The van der Waals surface area contributed by atoms with E-state index in [1.54, 1.807) is 0 Å². The molecule has 110 valence electrons. The predicted octanol–water partition coefficient (Wildman–Crippen LogP) is 3.07. The molecule has 2 atom stereocenters. The quantitative estimate of drug-likeness (QED) is 0.902. The number of rotatable bonds is 2. The Kier molecular flexibility index (Phi) is 3.38. The van der Waals surface area contributed by atoms with E-state index in [0.29, 0.717) is 6.04 Å². The zero-order valence-electron chi connectivity index (χ0n) is 12.1. The average molecular weight is 276 g/mol. The van der Waals surface area contributed by atoms with E-state index in [1.165, 1.54) is 38.5 Å². The molecule has 1 aromatic rings. The predicted molar refractivity (Wildman–Crippen MR) is 76.7 cm³/mol. The Morgan fingerprint density at radius 1 is 1.05 bits per heavy atom. The zero-order valence-corrected chi connectivity index (χ0v) is 12.1. The van der Waals surface area contributed by atoms with E-state index >= 15 is 0 Å². The number of hydrogen-bond acceptors (Lipinski definition) is 4. The van der Waals surface area contributed by atoms with Gasteiger partial charge in [0.2, 0.25) is 5.95 Å². The summed E-state index contributed by atoms with van der Waals surface area (Å²) in [5, 5.41) is 8.22. The van der Waals surface area contributed by atoms with Gasteiger partial charge in [-0.3, -0.25) is 0 Å². The van der Waals surface area contributed by atoms with Gasteiger partial charge in [-0.05, 0) is 38.0 Å². The second kappa shape index (κ2) is 5.35. The van der Waals surface area contributed by atoms with E-state index in [-0.39, 0.29) is 6.10 Å². The summed E-state index contributed by atoms with van der Waals surface area (Å²) in [6, 6.07) is 0.550. The number of fused-ring (bicyclic) bond motifs is 1. The summed E-state index contributed by atoms with van der Waals surface area (Å²) in [4.78, 5) is 4.69. The monoisotopic (exact) mass is 276 g/mol. The van der Waals surface area contributed by atoms with Crippen LogP contribution in [0.1, 0.15) is 69.3 Å². The fourth-order valence-electron chi connectivity index (χ4n) is 4.02. The van der Waals surface area contributed by atoms with Gasteiger partial charge in [-0.15, -0.1) is 0 Å². The smallest absolute Gasteiger partial charge is 0.221 e. The van der Waals surface area contributed by atoms with Crippen molar-refractivity contribution in [3.8, 4) is 0 Å². The van der Waals surface area contributed by atoms with Gasteiger partial charge in [0.15, 0.2) is 5.82 Å². The van der Waals surface area contributed by atoms with E-state index in [1.807, 2.05) is 0 Å². The van der Waals surface area contributed by atoms with Crippen LogP contribution in [0.25, 0.3) is 0 Å². The summed E-state index contributed by atoms with van der Waals surface area (Å²) in [5.74, 6) is 2.66. The number of anilines is 1. The summed E-state index contributed by atoms with van der Waals surface area (Å²) in [6.07, 6.45) is 10.4. The summed E-state index contributed by atoms with van der Waals surface area (Å²) in [7, 11) is 0. The highest BCUT2D eigenvalue weighted by molar-refractivity contribution is 5.29. The van der Waals surface area contributed by atoms with Crippen LogP contribution in [0, 0.1) is 5.92 Å². The maximum Gasteiger partial charge on any atom is 0.221 e. The third-order valence-corrected chi connectivity index (χ3v) is 5.10. The third-order valence-electron chi connectivity index (χ3n) is 5.10. The van der Waals surface area contributed by atoms with Crippen molar-refractivity contribution in [2.24, 2.45) is 5.92 Å².